The molecule has 0 amide bonds. The molecule has 1 atom stereocenters. The van der Waals surface area contributed by atoms with Crippen LogP contribution in [0.4, 0.5) is 10.1 Å². The Morgan fingerprint density at radius 3 is 2.58 bits per heavy atom. The monoisotopic (exact) mass is 360 g/mol. The summed E-state index contributed by atoms with van der Waals surface area (Å²) in [6.07, 6.45) is 0.898. The van der Waals surface area contributed by atoms with Crippen LogP contribution in [0.15, 0.2) is 48.5 Å². The highest BCUT2D eigenvalue weighted by atomic mass is 19.1. The smallest absolute Gasteiger partial charge is 0.143 e. The molecule has 1 aliphatic heterocycles. The van der Waals surface area contributed by atoms with E-state index in [1.807, 2.05) is 44.2 Å². The van der Waals surface area contributed by atoms with Crippen molar-refractivity contribution in [3.05, 3.63) is 54.3 Å². The summed E-state index contributed by atoms with van der Waals surface area (Å²) >= 11 is 0. The van der Waals surface area contributed by atoms with Crippen molar-refractivity contribution in [2.45, 2.75) is 32.8 Å². The molecule has 1 aliphatic rings. The van der Waals surface area contributed by atoms with Gasteiger partial charge in [-0.2, -0.15) is 0 Å². The van der Waals surface area contributed by atoms with Gasteiger partial charge in [-0.3, -0.25) is 4.90 Å². The molecule has 142 valence electrons. The third-order valence-corrected chi connectivity index (χ3v) is 4.26. The van der Waals surface area contributed by atoms with E-state index >= 15 is 0 Å². The van der Waals surface area contributed by atoms with Crippen molar-refractivity contribution in [2.75, 3.05) is 32.0 Å². The van der Waals surface area contributed by atoms with E-state index < -0.39 is 0 Å². The Labute approximate surface area is 155 Å². The number of hydrogen-bond acceptors (Lipinski definition) is 4. The highest BCUT2D eigenvalue weighted by molar-refractivity contribution is 5.52. The zero-order chi connectivity index (χ0) is 19.0. The van der Waals surface area contributed by atoms with Crippen molar-refractivity contribution in [3.63, 3.8) is 0 Å². The minimum atomic E-state index is -0.351. The van der Waals surface area contributed by atoms with E-state index in [2.05, 4.69) is 11.8 Å². The summed E-state index contributed by atoms with van der Waals surface area (Å²) < 4.78 is 25.0. The number of halogens is 1. The van der Waals surface area contributed by atoms with Crippen LogP contribution < -0.4 is 15.2 Å². The van der Waals surface area contributed by atoms with E-state index in [1.54, 1.807) is 6.07 Å². The molecule has 1 heterocycles. The second kappa shape index (κ2) is 9.43. The lowest BCUT2D eigenvalue weighted by atomic mass is 10.1. The first-order valence-corrected chi connectivity index (χ1v) is 9.18. The normalized spacial score (nSPS) is 19.5. The van der Waals surface area contributed by atoms with E-state index in [4.69, 9.17) is 15.2 Å². The third kappa shape index (κ3) is 5.63. The number of para-hydroxylation sites is 1. The van der Waals surface area contributed by atoms with Gasteiger partial charge in [0.05, 0.1) is 5.69 Å². The van der Waals surface area contributed by atoms with Gasteiger partial charge in [0.25, 0.3) is 0 Å². The largest absolute Gasteiger partial charge is 0.492 e. The molecule has 4 nitrogen and oxygen atoms in total. The Balaban J connectivity index is 0.00000117. The molecule has 5 heteroatoms. The summed E-state index contributed by atoms with van der Waals surface area (Å²) in [6, 6.07) is 14.1. The topological polar surface area (TPSA) is 47.7 Å². The van der Waals surface area contributed by atoms with Gasteiger partial charge in [-0.15, -0.1) is 0 Å². The Bertz CT molecular complexity index is 681. The average Bonchev–Trinajstić information content (AvgIpc) is 3.01. The molecule has 2 aromatic rings. The van der Waals surface area contributed by atoms with Crippen LogP contribution in [0.5, 0.6) is 11.5 Å². The molecule has 0 aliphatic carbocycles. The minimum absolute atomic E-state index is 0.321. The molecule has 2 N–H and O–H groups in total. The van der Waals surface area contributed by atoms with Crippen molar-refractivity contribution in [1.29, 1.82) is 0 Å². The molecule has 2 aromatic carbocycles. The molecule has 3 rings (SSSR count). The van der Waals surface area contributed by atoms with Crippen LogP contribution in [0.1, 0.15) is 27.2 Å². The fourth-order valence-electron chi connectivity index (χ4n) is 2.99. The average molecular weight is 360 g/mol. The Morgan fingerprint density at radius 1 is 1.15 bits per heavy atom. The number of nitrogens with zero attached hydrogens (tertiary/aromatic N) is 1. The Kier molecular flexibility index (Phi) is 7.27. The van der Waals surface area contributed by atoms with Gasteiger partial charge < -0.3 is 15.2 Å². The van der Waals surface area contributed by atoms with E-state index in [9.17, 15) is 4.39 Å². The number of likely N-dealkylation sites (tertiary alicyclic amines) is 1. The number of benzene rings is 2. The van der Waals surface area contributed by atoms with Gasteiger partial charge >= 0.3 is 0 Å². The van der Waals surface area contributed by atoms with Crippen LogP contribution in [-0.4, -0.2) is 36.7 Å². The molecule has 1 fully saturated rings. The molecule has 1 unspecified atom stereocenters. The van der Waals surface area contributed by atoms with Gasteiger partial charge in [-0.05, 0) is 31.2 Å². The van der Waals surface area contributed by atoms with E-state index in [0.717, 1.165) is 31.8 Å². The highest BCUT2D eigenvalue weighted by Gasteiger charge is 2.36. The second-order valence-electron chi connectivity index (χ2n) is 6.42. The maximum Gasteiger partial charge on any atom is 0.143 e. The van der Waals surface area contributed by atoms with Crippen LogP contribution in [0, 0.1) is 5.82 Å². The van der Waals surface area contributed by atoms with Crippen molar-refractivity contribution >= 4 is 5.69 Å². The lowest BCUT2D eigenvalue weighted by Gasteiger charge is -2.27. The molecular formula is C21H29FN2O2. The first kappa shape index (κ1) is 20.0. The highest BCUT2D eigenvalue weighted by Crippen LogP contribution is 2.31. The van der Waals surface area contributed by atoms with E-state index in [-0.39, 0.29) is 11.4 Å². The molecule has 0 spiro atoms. The van der Waals surface area contributed by atoms with Gasteiger partial charge in [-0.25, -0.2) is 4.39 Å². The minimum Gasteiger partial charge on any atom is -0.492 e. The summed E-state index contributed by atoms with van der Waals surface area (Å²) in [5.74, 6) is 1.08. The number of anilines is 1. The fourth-order valence-corrected chi connectivity index (χ4v) is 2.99. The maximum absolute atomic E-state index is 13.1. The quantitative estimate of drug-likeness (QED) is 0.778. The Morgan fingerprint density at radius 2 is 1.88 bits per heavy atom. The number of ether oxygens (including phenoxy) is 2. The second-order valence-corrected chi connectivity index (χ2v) is 6.42. The molecule has 26 heavy (non-hydrogen) atoms. The van der Waals surface area contributed by atoms with E-state index in [1.165, 1.54) is 12.1 Å². The lowest BCUT2D eigenvalue weighted by molar-refractivity contribution is 0.0942. The van der Waals surface area contributed by atoms with Crippen LogP contribution in [0.3, 0.4) is 0 Å². The number of hydrogen-bond donors (Lipinski definition) is 1. The van der Waals surface area contributed by atoms with Gasteiger partial charge in [0.15, 0.2) is 0 Å². The fraction of sp³-hybridized carbons (Fsp3) is 0.429. The summed E-state index contributed by atoms with van der Waals surface area (Å²) in [6.45, 7) is 9.27. The number of rotatable bonds is 6. The summed E-state index contributed by atoms with van der Waals surface area (Å²) in [7, 11) is 0. The van der Waals surface area contributed by atoms with Gasteiger partial charge in [0.1, 0.15) is 29.5 Å². The molecule has 0 saturated carbocycles. The number of nitrogen functional groups attached to an aromatic ring is 1. The van der Waals surface area contributed by atoms with Crippen molar-refractivity contribution in [1.82, 2.24) is 4.90 Å². The van der Waals surface area contributed by atoms with Crippen LogP contribution in [-0.2, 0) is 0 Å². The predicted molar refractivity (Wildman–Crippen MR) is 104 cm³/mol. The molecule has 0 bridgehead atoms. The first-order chi connectivity index (χ1) is 12.5. The summed E-state index contributed by atoms with van der Waals surface area (Å²) in [5.41, 5.74) is 5.85. The van der Waals surface area contributed by atoms with Crippen molar-refractivity contribution in [2.24, 2.45) is 0 Å². The van der Waals surface area contributed by atoms with Gasteiger partial charge in [0, 0.05) is 32.1 Å². The van der Waals surface area contributed by atoms with Crippen LogP contribution in [0.25, 0.3) is 0 Å². The molecule has 0 aromatic heterocycles. The standard InChI is InChI=1S/C19H23FN2O2.C2H6/c1-19(24-18-8-7-15(20)13-17(18)21)9-10-22(14-19)11-12-23-16-5-3-2-4-6-16;1-2/h2-8,13H,9-12,14,21H2,1H3;1-2H3. The van der Waals surface area contributed by atoms with Crippen molar-refractivity contribution < 1.29 is 13.9 Å². The maximum atomic E-state index is 13.1. The van der Waals surface area contributed by atoms with Gasteiger partial charge in [0.2, 0.25) is 0 Å². The molecule has 0 radical (unpaired) electrons. The zero-order valence-corrected chi connectivity index (χ0v) is 15.9. The van der Waals surface area contributed by atoms with Crippen molar-refractivity contribution in [3.8, 4) is 11.5 Å². The SMILES string of the molecule is CC.CC1(Oc2ccc(F)cc2N)CCN(CCOc2ccccc2)C1. The van der Waals surface area contributed by atoms with Crippen LogP contribution in [0.2, 0.25) is 0 Å². The van der Waals surface area contributed by atoms with E-state index in [0.29, 0.717) is 18.0 Å². The Hall–Kier alpha value is -2.27. The summed E-state index contributed by atoms with van der Waals surface area (Å²) in [5, 5.41) is 0. The van der Waals surface area contributed by atoms with Crippen LogP contribution >= 0.6 is 0 Å². The van der Waals surface area contributed by atoms with Gasteiger partial charge in [-0.1, -0.05) is 32.0 Å². The third-order valence-electron chi connectivity index (χ3n) is 4.26. The number of nitrogens with two attached hydrogens (primary N) is 1. The summed E-state index contributed by atoms with van der Waals surface area (Å²) in [4.78, 5) is 2.31. The molecular weight excluding hydrogens is 331 g/mol. The molecule has 1 saturated heterocycles. The first-order valence-electron chi connectivity index (χ1n) is 9.18. The lowest BCUT2D eigenvalue weighted by Crippen LogP contribution is -2.37. The zero-order valence-electron chi connectivity index (χ0n) is 15.9. The predicted octanol–water partition coefficient (Wildman–Crippen LogP) is 4.36.